The van der Waals surface area contributed by atoms with Gasteiger partial charge in [-0.15, -0.1) is 11.3 Å². The van der Waals surface area contributed by atoms with Crippen molar-refractivity contribution >= 4 is 40.4 Å². The molecule has 0 bridgehead atoms. The summed E-state index contributed by atoms with van der Waals surface area (Å²) in [6.07, 6.45) is 1.94. The molecule has 0 N–H and O–H groups in total. The molecule has 4 heterocycles. The van der Waals surface area contributed by atoms with Gasteiger partial charge >= 0.3 is 5.97 Å². The van der Waals surface area contributed by atoms with Crippen LogP contribution in [0.2, 0.25) is 0 Å². The van der Waals surface area contributed by atoms with Gasteiger partial charge in [0.15, 0.2) is 4.80 Å². The van der Waals surface area contributed by atoms with E-state index in [2.05, 4.69) is 55.7 Å². The molecule has 41 heavy (non-hydrogen) atoms. The second kappa shape index (κ2) is 11.0. The van der Waals surface area contributed by atoms with E-state index in [0.717, 1.165) is 33.1 Å². The molecule has 0 fully saturated rings. The van der Waals surface area contributed by atoms with E-state index in [9.17, 15) is 9.59 Å². The van der Waals surface area contributed by atoms with Gasteiger partial charge in [0.1, 0.15) is 6.04 Å². The second-order valence-corrected chi connectivity index (χ2v) is 11.9. The maximum Gasteiger partial charge on any atom is 0.338 e. The standard InChI is InChI=1S/C33H29N3O3S2/c1-5-39-32(38)28-29(23-12-7-6-8-13-23)34-33-36(30(28)26-15-10-16-40-26)31(37)27(41-33)19-24-18-21(3)35(22(24)4)25-14-9-11-20(2)17-25/h6-19,30H,5H2,1-4H3/b27-19+/t30-/m1/s1. The summed E-state index contributed by atoms with van der Waals surface area (Å²) in [4.78, 5) is 34.0. The summed E-state index contributed by atoms with van der Waals surface area (Å²) in [6, 6.07) is 23.3. The Bertz CT molecular complexity index is 1980. The third-order valence-corrected chi connectivity index (χ3v) is 9.11. The molecule has 6 nitrogen and oxygen atoms in total. The molecule has 6 rings (SSSR count). The molecule has 1 aliphatic heterocycles. The molecule has 8 heteroatoms. The highest BCUT2D eigenvalue weighted by Crippen LogP contribution is 2.36. The number of thiazole rings is 1. The van der Waals surface area contributed by atoms with Crippen LogP contribution in [0.1, 0.15) is 45.9 Å². The van der Waals surface area contributed by atoms with Gasteiger partial charge in [0.2, 0.25) is 0 Å². The summed E-state index contributed by atoms with van der Waals surface area (Å²) >= 11 is 2.85. The monoisotopic (exact) mass is 579 g/mol. The van der Waals surface area contributed by atoms with Gasteiger partial charge in [-0.3, -0.25) is 9.36 Å². The van der Waals surface area contributed by atoms with Gasteiger partial charge in [-0.05, 0) is 74.5 Å². The van der Waals surface area contributed by atoms with Crippen LogP contribution in [0.5, 0.6) is 0 Å². The number of carbonyl (C=O) groups is 1. The lowest BCUT2D eigenvalue weighted by atomic mass is 9.97. The molecule has 0 aliphatic carbocycles. The van der Waals surface area contributed by atoms with Crippen LogP contribution in [0.3, 0.4) is 0 Å². The zero-order chi connectivity index (χ0) is 28.7. The Hall–Kier alpha value is -4.27. The van der Waals surface area contributed by atoms with Crippen LogP contribution >= 0.6 is 22.7 Å². The highest BCUT2D eigenvalue weighted by Gasteiger charge is 2.35. The number of ether oxygens (including phenoxy) is 1. The predicted molar refractivity (Wildman–Crippen MR) is 165 cm³/mol. The van der Waals surface area contributed by atoms with E-state index in [0.29, 0.717) is 20.6 Å². The van der Waals surface area contributed by atoms with Crippen molar-refractivity contribution in [2.24, 2.45) is 4.99 Å². The largest absolute Gasteiger partial charge is 0.463 e. The van der Waals surface area contributed by atoms with Gasteiger partial charge in [-0.25, -0.2) is 9.79 Å². The van der Waals surface area contributed by atoms with Crippen molar-refractivity contribution < 1.29 is 9.53 Å². The molecule has 1 aliphatic rings. The van der Waals surface area contributed by atoms with E-state index in [1.807, 2.05) is 53.9 Å². The van der Waals surface area contributed by atoms with Crippen LogP contribution < -0.4 is 14.9 Å². The Kier molecular flexibility index (Phi) is 7.19. The molecule has 0 saturated carbocycles. The van der Waals surface area contributed by atoms with Crippen molar-refractivity contribution in [1.29, 1.82) is 0 Å². The Morgan fingerprint density at radius 2 is 1.83 bits per heavy atom. The molecular formula is C33H29N3O3S2. The maximum absolute atomic E-state index is 14.1. The fourth-order valence-electron chi connectivity index (χ4n) is 5.40. The number of rotatable bonds is 6. The lowest BCUT2D eigenvalue weighted by Crippen LogP contribution is -2.39. The van der Waals surface area contributed by atoms with Crippen molar-refractivity contribution in [3.05, 3.63) is 136 Å². The first-order valence-electron chi connectivity index (χ1n) is 13.4. The fourth-order valence-corrected chi connectivity index (χ4v) is 7.21. The fraction of sp³-hybridized carbons (Fsp3) is 0.182. The van der Waals surface area contributed by atoms with Crippen molar-refractivity contribution in [1.82, 2.24) is 9.13 Å². The Morgan fingerprint density at radius 3 is 2.54 bits per heavy atom. The summed E-state index contributed by atoms with van der Waals surface area (Å²) in [5, 5.41) is 1.95. The third kappa shape index (κ3) is 4.83. The van der Waals surface area contributed by atoms with Crippen LogP contribution in [0.25, 0.3) is 17.5 Å². The number of benzene rings is 2. The Labute approximate surface area is 245 Å². The molecule has 0 saturated heterocycles. The van der Waals surface area contributed by atoms with Crippen LogP contribution in [-0.2, 0) is 9.53 Å². The molecule has 3 aromatic heterocycles. The molecule has 0 spiro atoms. The highest BCUT2D eigenvalue weighted by molar-refractivity contribution is 7.10. The summed E-state index contributed by atoms with van der Waals surface area (Å²) < 4.78 is 9.95. The van der Waals surface area contributed by atoms with E-state index in [-0.39, 0.29) is 12.2 Å². The number of aromatic nitrogens is 2. The number of nitrogens with zero attached hydrogens (tertiary/aromatic N) is 3. The van der Waals surface area contributed by atoms with E-state index in [1.165, 1.54) is 28.2 Å². The minimum atomic E-state index is -0.637. The summed E-state index contributed by atoms with van der Waals surface area (Å²) in [7, 11) is 0. The Balaban J connectivity index is 1.58. The minimum Gasteiger partial charge on any atom is -0.463 e. The van der Waals surface area contributed by atoms with Gasteiger partial charge in [0, 0.05) is 27.5 Å². The first kappa shape index (κ1) is 26.9. The normalized spacial score (nSPS) is 15.1. The smallest absolute Gasteiger partial charge is 0.338 e. The van der Waals surface area contributed by atoms with Crippen LogP contribution in [0.15, 0.2) is 93.5 Å². The summed E-state index contributed by atoms with van der Waals surface area (Å²) in [5.74, 6) is -0.468. The van der Waals surface area contributed by atoms with Gasteiger partial charge in [0.25, 0.3) is 5.56 Å². The molecule has 5 aromatic rings. The first-order valence-corrected chi connectivity index (χ1v) is 15.1. The molecule has 2 aromatic carbocycles. The van der Waals surface area contributed by atoms with E-state index >= 15 is 0 Å². The number of hydrogen-bond acceptors (Lipinski definition) is 6. The van der Waals surface area contributed by atoms with E-state index < -0.39 is 12.0 Å². The first-order chi connectivity index (χ1) is 19.9. The highest BCUT2D eigenvalue weighted by atomic mass is 32.1. The lowest BCUT2D eigenvalue weighted by Gasteiger charge is -2.24. The molecule has 0 amide bonds. The van der Waals surface area contributed by atoms with Gasteiger partial charge in [-0.1, -0.05) is 59.9 Å². The van der Waals surface area contributed by atoms with Crippen molar-refractivity contribution in [3.8, 4) is 5.69 Å². The minimum absolute atomic E-state index is 0.179. The van der Waals surface area contributed by atoms with Crippen LogP contribution in [0.4, 0.5) is 0 Å². The zero-order valence-electron chi connectivity index (χ0n) is 23.3. The van der Waals surface area contributed by atoms with Crippen molar-refractivity contribution in [2.45, 2.75) is 33.7 Å². The third-order valence-electron chi connectivity index (χ3n) is 7.20. The van der Waals surface area contributed by atoms with Crippen LogP contribution in [0, 0.1) is 20.8 Å². The molecule has 0 unspecified atom stereocenters. The number of hydrogen-bond donors (Lipinski definition) is 0. The average Bonchev–Trinajstić information content (AvgIpc) is 3.67. The van der Waals surface area contributed by atoms with Crippen molar-refractivity contribution in [3.63, 3.8) is 0 Å². The SMILES string of the molecule is CCOC(=O)C1=C(c2ccccc2)N=c2s/c(=C/c3cc(C)n(-c4cccc(C)c4)c3C)c(=O)n2[C@@H]1c1cccs1. The maximum atomic E-state index is 14.1. The second-order valence-electron chi connectivity index (χ2n) is 9.95. The number of esters is 1. The molecule has 206 valence electrons. The van der Waals surface area contributed by atoms with Crippen molar-refractivity contribution in [2.75, 3.05) is 6.61 Å². The van der Waals surface area contributed by atoms with Crippen LogP contribution in [-0.4, -0.2) is 21.7 Å². The Morgan fingerprint density at radius 1 is 1.02 bits per heavy atom. The average molecular weight is 580 g/mol. The van der Waals surface area contributed by atoms with Gasteiger partial charge in [-0.2, -0.15) is 0 Å². The number of thiophene rings is 1. The van der Waals surface area contributed by atoms with Gasteiger partial charge in [0.05, 0.1) is 22.4 Å². The molecule has 1 atom stereocenters. The number of aryl methyl sites for hydroxylation is 2. The number of fused-ring (bicyclic) bond motifs is 1. The topological polar surface area (TPSA) is 65.6 Å². The quantitative estimate of drug-likeness (QED) is 0.242. The van der Waals surface area contributed by atoms with Gasteiger partial charge < -0.3 is 9.30 Å². The summed E-state index contributed by atoms with van der Waals surface area (Å²) in [5.41, 5.74) is 6.90. The summed E-state index contributed by atoms with van der Waals surface area (Å²) in [6.45, 7) is 8.23. The van der Waals surface area contributed by atoms with E-state index in [4.69, 9.17) is 9.73 Å². The molecule has 0 radical (unpaired) electrons. The number of carbonyl (C=O) groups excluding carboxylic acids is 1. The molecular weight excluding hydrogens is 551 g/mol. The lowest BCUT2D eigenvalue weighted by molar-refractivity contribution is -0.138. The zero-order valence-corrected chi connectivity index (χ0v) is 24.9. The van der Waals surface area contributed by atoms with E-state index in [1.54, 1.807) is 11.5 Å². The predicted octanol–water partition coefficient (Wildman–Crippen LogP) is 5.71.